The average molecular weight is 331 g/mol. The van der Waals surface area contributed by atoms with E-state index in [1.807, 2.05) is 25.1 Å². The molecular weight excluding hydrogens is 320 g/mol. The van der Waals surface area contributed by atoms with Crippen molar-refractivity contribution in [2.75, 3.05) is 0 Å². The molecule has 0 amide bonds. The molecular formula is C15H11BrN2O2. The van der Waals surface area contributed by atoms with Crippen LogP contribution >= 0.6 is 15.9 Å². The van der Waals surface area contributed by atoms with Crippen LogP contribution in [0.1, 0.15) is 15.9 Å². The van der Waals surface area contributed by atoms with Crippen molar-refractivity contribution < 1.29 is 9.21 Å². The van der Waals surface area contributed by atoms with Gasteiger partial charge in [-0.15, -0.1) is 0 Å². The lowest BCUT2D eigenvalue weighted by Gasteiger charge is -2.05. The van der Waals surface area contributed by atoms with Gasteiger partial charge < -0.3 is 4.42 Å². The summed E-state index contributed by atoms with van der Waals surface area (Å²) in [6.07, 6.45) is 5.67. The maximum Gasteiger partial charge on any atom is 0.153 e. The van der Waals surface area contributed by atoms with E-state index in [0.29, 0.717) is 11.3 Å². The second kappa shape index (κ2) is 5.09. The first-order chi connectivity index (χ1) is 9.69. The van der Waals surface area contributed by atoms with Crippen LogP contribution in [0, 0.1) is 6.92 Å². The number of halogens is 1. The topological polar surface area (TPSA) is 48.0 Å². The Bertz CT molecular complexity index is 760. The van der Waals surface area contributed by atoms with E-state index < -0.39 is 0 Å². The number of rotatable bonds is 3. The van der Waals surface area contributed by atoms with Crippen LogP contribution < -0.4 is 0 Å². The second-order valence-electron chi connectivity index (χ2n) is 4.44. The van der Waals surface area contributed by atoms with E-state index in [2.05, 4.69) is 21.0 Å². The Labute approximate surface area is 124 Å². The van der Waals surface area contributed by atoms with Gasteiger partial charge in [-0.05, 0) is 36.8 Å². The normalized spacial score (nSPS) is 10.7. The van der Waals surface area contributed by atoms with Gasteiger partial charge in [-0.2, -0.15) is 5.10 Å². The molecule has 0 aliphatic rings. The number of aldehydes is 1. The smallest absolute Gasteiger partial charge is 0.153 e. The first-order valence-corrected chi connectivity index (χ1v) is 6.82. The van der Waals surface area contributed by atoms with Crippen molar-refractivity contribution in [3.05, 3.63) is 58.6 Å². The lowest BCUT2D eigenvalue weighted by molar-refractivity contribution is 0.112. The number of aromatic nitrogens is 2. The molecule has 0 aliphatic heterocycles. The summed E-state index contributed by atoms with van der Waals surface area (Å²) in [6.45, 7) is 2.00. The van der Waals surface area contributed by atoms with Gasteiger partial charge in [-0.1, -0.05) is 15.9 Å². The molecule has 3 rings (SSSR count). The minimum atomic E-state index is 0.536. The fraction of sp³-hybridized carbons (Fsp3) is 0.0667. The van der Waals surface area contributed by atoms with Gasteiger partial charge in [0.15, 0.2) is 6.29 Å². The highest BCUT2D eigenvalue weighted by molar-refractivity contribution is 9.10. The summed E-state index contributed by atoms with van der Waals surface area (Å²) in [5, 5.41) is 4.49. The Balaban J connectivity index is 2.14. The molecule has 0 unspecified atom stereocenters. The maximum absolute atomic E-state index is 11.2. The van der Waals surface area contributed by atoms with Crippen LogP contribution in [0.4, 0.5) is 0 Å². The fourth-order valence-electron chi connectivity index (χ4n) is 2.10. The number of hydrogen-bond donors (Lipinski definition) is 0. The predicted molar refractivity (Wildman–Crippen MR) is 79.1 cm³/mol. The molecule has 0 N–H and O–H groups in total. The van der Waals surface area contributed by atoms with Crippen molar-refractivity contribution in [3.8, 4) is 16.9 Å². The third-order valence-electron chi connectivity index (χ3n) is 3.07. The predicted octanol–water partition coefficient (Wildman–Crippen LogP) is 4.02. The number of furan rings is 1. The quantitative estimate of drug-likeness (QED) is 0.681. The molecule has 0 saturated carbocycles. The molecule has 0 radical (unpaired) electrons. The first-order valence-electron chi connectivity index (χ1n) is 6.03. The highest BCUT2D eigenvalue weighted by atomic mass is 79.9. The molecule has 0 fully saturated rings. The molecule has 5 heteroatoms. The van der Waals surface area contributed by atoms with Crippen molar-refractivity contribution in [2.45, 2.75) is 6.92 Å². The van der Waals surface area contributed by atoms with Gasteiger partial charge in [-0.3, -0.25) is 4.79 Å². The Morgan fingerprint density at radius 2 is 2.20 bits per heavy atom. The van der Waals surface area contributed by atoms with E-state index in [1.165, 1.54) is 0 Å². The SMILES string of the molecule is Cc1cc(Br)ccc1-n1cc(C=O)c(-c2ccoc2)n1. The van der Waals surface area contributed by atoms with Crippen molar-refractivity contribution in [3.63, 3.8) is 0 Å². The zero-order valence-electron chi connectivity index (χ0n) is 10.7. The van der Waals surface area contributed by atoms with E-state index in [-0.39, 0.29) is 0 Å². The molecule has 0 saturated heterocycles. The van der Waals surface area contributed by atoms with E-state index in [0.717, 1.165) is 27.6 Å². The molecule has 1 aromatic carbocycles. The number of benzene rings is 1. The van der Waals surface area contributed by atoms with E-state index >= 15 is 0 Å². The molecule has 0 spiro atoms. The van der Waals surface area contributed by atoms with Gasteiger partial charge in [0.2, 0.25) is 0 Å². The second-order valence-corrected chi connectivity index (χ2v) is 5.35. The largest absolute Gasteiger partial charge is 0.472 e. The van der Waals surface area contributed by atoms with Crippen molar-refractivity contribution in [1.82, 2.24) is 9.78 Å². The average Bonchev–Trinajstić information content (AvgIpc) is 3.07. The number of hydrogen-bond acceptors (Lipinski definition) is 3. The van der Waals surface area contributed by atoms with Gasteiger partial charge >= 0.3 is 0 Å². The summed E-state index contributed by atoms with van der Waals surface area (Å²) >= 11 is 3.44. The van der Waals surface area contributed by atoms with Crippen molar-refractivity contribution in [2.24, 2.45) is 0 Å². The Kier molecular flexibility index (Phi) is 3.28. The minimum absolute atomic E-state index is 0.536. The Morgan fingerprint density at radius 3 is 2.85 bits per heavy atom. The van der Waals surface area contributed by atoms with Gasteiger partial charge in [0.25, 0.3) is 0 Å². The molecule has 0 atom stereocenters. The van der Waals surface area contributed by atoms with Crippen molar-refractivity contribution in [1.29, 1.82) is 0 Å². The lowest BCUT2D eigenvalue weighted by Crippen LogP contribution is -1.97. The number of aryl methyl sites for hydroxylation is 1. The van der Waals surface area contributed by atoms with Crippen molar-refractivity contribution >= 4 is 22.2 Å². The fourth-order valence-corrected chi connectivity index (χ4v) is 2.57. The van der Waals surface area contributed by atoms with E-state index in [9.17, 15) is 4.79 Å². The van der Waals surface area contributed by atoms with Gasteiger partial charge in [0.05, 0.1) is 23.8 Å². The third kappa shape index (κ3) is 2.20. The van der Waals surface area contributed by atoms with Crippen LogP contribution in [0.5, 0.6) is 0 Å². The van der Waals surface area contributed by atoms with E-state index in [4.69, 9.17) is 4.42 Å². The van der Waals surface area contributed by atoms with Crippen LogP contribution in [0.3, 0.4) is 0 Å². The summed E-state index contributed by atoms with van der Waals surface area (Å²) in [5.41, 5.74) is 3.95. The highest BCUT2D eigenvalue weighted by Gasteiger charge is 2.13. The highest BCUT2D eigenvalue weighted by Crippen LogP contribution is 2.25. The first kappa shape index (κ1) is 12.9. The standard InChI is InChI=1S/C15H11BrN2O2/c1-10-6-13(16)2-3-14(10)18-7-12(8-19)15(17-18)11-4-5-20-9-11/h2-9H,1H3. The molecule has 100 valence electrons. The zero-order valence-corrected chi connectivity index (χ0v) is 12.3. The number of carbonyl (C=O) groups is 1. The van der Waals surface area contributed by atoms with E-state index in [1.54, 1.807) is 29.5 Å². The van der Waals surface area contributed by atoms with Gasteiger partial charge in [-0.25, -0.2) is 4.68 Å². The van der Waals surface area contributed by atoms with Crippen LogP contribution in [-0.2, 0) is 0 Å². The monoisotopic (exact) mass is 330 g/mol. The number of nitrogens with zero attached hydrogens (tertiary/aromatic N) is 2. The summed E-state index contributed by atoms with van der Waals surface area (Å²) in [7, 11) is 0. The minimum Gasteiger partial charge on any atom is -0.472 e. The Morgan fingerprint density at radius 1 is 1.35 bits per heavy atom. The Hall–Kier alpha value is -2.14. The van der Waals surface area contributed by atoms with Crippen LogP contribution in [0.25, 0.3) is 16.9 Å². The van der Waals surface area contributed by atoms with Gasteiger partial charge in [0, 0.05) is 16.2 Å². The maximum atomic E-state index is 11.2. The van der Waals surface area contributed by atoms with Crippen LogP contribution in [0.15, 0.2) is 51.9 Å². The van der Waals surface area contributed by atoms with Gasteiger partial charge in [0.1, 0.15) is 5.69 Å². The molecule has 2 aromatic heterocycles. The molecule has 20 heavy (non-hydrogen) atoms. The zero-order chi connectivity index (χ0) is 14.1. The van der Waals surface area contributed by atoms with Crippen LogP contribution in [0.2, 0.25) is 0 Å². The number of carbonyl (C=O) groups excluding carboxylic acids is 1. The summed E-state index contributed by atoms with van der Waals surface area (Å²) < 4.78 is 7.78. The lowest BCUT2D eigenvalue weighted by atomic mass is 10.2. The third-order valence-corrected chi connectivity index (χ3v) is 3.56. The van der Waals surface area contributed by atoms with Crippen LogP contribution in [-0.4, -0.2) is 16.1 Å². The summed E-state index contributed by atoms with van der Waals surface area (Å²) in [6, 6.07) is 7.70. The molecule has 4 nitrogen and oxygen atoms in total. The summed E-state index contributed by atoms with van der Waals surface area (Å²) in [5.74, 6) is 0. The molecule has 2 heterocycles. The molecule has 0 aliphatic carbocycles. The molecule has 3 aromatic rings. The summed E-state index contributed by atoms with van der Waals surface area (Å²) in [4.78, 5) is 11.2. The molecule has 0 bridgehead atoms.